The molecule has 142 valence electrons. The average Bonchev–Trinajstić information content (AvgIpc) is 3.03. The fourth-order valence-electron chi connectivity index (χ4n) is 2.72. The van der Waals surface area contributed by atoms with Crippen molar-refractivity contribution >= 4 is 52.0 Å². The van der Waals surface area contributed by atoms with Gasteiger partial charge in [-0.3, -0.25) is 9.52 Å². The largest absolute Gasteiger partial charge is 0.351 e. The summed E-state index contributed by atoms with van der Waals surface area (Å²) in [6.45, 7) is 4.06. The molecule has 1 saturated heterocycles. The minimum atomic E-state index is -3.81. The summed E-state index contributed by atoms with van der Waals surface area (Å²) in [7, 11) is 1.88. The predicted molar refractivity (Wildman–Crippen MR) is 107 cm³/mol. The van der Waals surface area contributed by atoms with Crippen LogP contribution in [-0.4, -0.2) is 63.2 Å². The molecule has 0 unspecified atom stereocenters. The van der Waals surface area contributed by atoms with E-state index in [4.69, 9.17) is 19.6 Å². The number of rotatable bonds is 5. The summed E-state index contributed by atoms with van der Waals surface area (Å²) in [5.74, 6) is -0.0477. The maximum Gasteiger partial charge on any atom is 0.263 e. The number of piperazine rings is 1. The van der Waals surface area contributed by atoms with Crippen LogP contribution in [0.4, 0.5) is 5.13 Å². The van der Waals surface area contributed by atoms with Gasteiger partial charge in [-0.05, 0) is 24.6 Å². The van der Waals surface area contributed by atoms with Crippen molar-refractivity contribution in [3.8, 4) is 0 Å². The van der Waals surface area contributed by atoms with Crippen molar-refractivity contribution < 1.29 is 13.2 Å². The Morgan fingerprint density at radius 3 is 2.74 bits per heavy atom. The van der Waals surface area contributed by atoms with Crippen molar-refractivity contribution in [3.63, 3.8) is 0 Å². The number of hydrogen-bond donors (Lipinski definition) is 1. The third-order valence-corrected chi connectivity index (χ3v) is 7.11. The lowest BCUT2D eigenvalue weighted by Crippen LogP contribution is -2.48. The van der Waals surface area contributed by atoms with Gasteiger partial charge in [0.25, 0.3) is 10.0 Å². The molecule has 1 aliphatic rings. The van der Waals surface area contributed by atoms with E-state index in [0.717, 1.165) is 11.3 Å². The van der Waals surface area contributed by atoms with E-state index in [1.54, 1.807) is 34.1 Å². The molecular weight excluding hydrogens is 407 g/mol. The number of nitrogens with one attached hydrogen (secondary N) is 1. The number of sulfonamides is 1. The van der Waals surface area contributed by atoms with Crippen molar-refractivity contribution in [1.29, 1.82) is 0 Å². The first-order chi connectivity index (χ1) is 12.8. The van der Waals surface area contributed by atoms with Gasteiger partial charge in [-0.15, -0.1) is 11.3 Å². The van der Waals surface area contributed by atoms with Gasteiger partial charge in [0.05, 0.1) is 17.0 Å². The smallest absolute Gasteiger partial charge is 0.263 e. The van der Waals surface area contributed by atoms with Crippen molar-refractivity contribution in [2.24, 2.45) is 0 Å². The Hall–Kier alpha value is -1.62. The second kappa shape index (κ2) is 8.18. The van der Waals surface area contributed by atoms with Gasteiger partial charge in [0.1, 0.15) is 0 Å². The highest BCUT2D eigenvalue weighted by Crippen LogP contribution is 2.26. The molecular formula is C16H18BClN4O3S2. The molecule has 0 aliphatic carbocycles. The highest BCUT2D eigenvalue weighted by molar-refractivity contribution is 7.93. The van der Waals surface area contributed by atoms with Gasteiger partial charge >= 0.3 is 0 Å². The molecule has 7 nitrogen and oxygen atoms in total. The van der Waals surface area contributed by atoms with Crippen LogP contribution < -0.4 is 4.72 Å². The lowest BCUT2D eigenvalue weighted by atomic mass is 10.2. The third-order valence-electron chi connectivity index (χ3n) is 4.28. The Bertz CT molecular complexity index is 943. The van der Waals surface area contributed by atoms with E-state index in [0.29, 0.717) is 42.5 Å². The summed E-state index contributed by atoms with van der Waals surface area (Å²) in [6, 6.07) is 4.70. The summed E-state index contributed by atoms with van der Waals surface area (Å²) >= 11 is 7.15. The van der Waals surface area contributed by atoms with Gasteiger partial charge in [-0.25, -0.2) is 13.4 Å². The number of hydrogen-bond acceptors (Lipinski definition) is 6. The number of aromatic nitrogens is 1. The second-order valence-corrected chi connectivity index (χ2v) is 9.12. The number of benzene rings is 1. The lowest BCUT2D eigenvalue weighted by Gasteiger charge is -2.32. The van der Waals surface area contributed by atoms with Crippen LogP contribution in [0, 0.1) is 6.92 Å². The zero-order valence-corrected chi connectivity index (χ0v) is 17.1. The SMILES string of the molecule is [B]N1CCN(C(=O)Cc2csc(NS(=O)(=O)c3cccc(Cl)c3C)n2)CC1. The maximum absolute atomic E-state index is 12.6. The highest BCUT2D eigenvalue weighted by Gasteiger charge is 2.22. The summed E-state index contributed by atoms with van der Waals surface area (Å²) in [5.41, 5.74) is 0.998. The number of anilines is 1. The fourth-order valence-corrected chi connectivity index (χ4v) is 5.18. The second-order valence-electron chi connectivity index (χ2n) is 6.21. The minimum absolute atomic E-state index is 0.0477. The molecule has 2 aromatic rings. The quantitative estimate of drug-likeness (QED) is 0.738. The number of nitrogens with zero attached hydrogens (tertiary/aromatic N) is 3. The van der Waals surface area contributed by atoms with Crippen molar-refractivity contribution in [3.05, 3.63) is 39.9 Å². The first kappa shape index (κ1) is 20.1. The molecule has 1 aromatic carbocycles. The number of halogens is 1. The first-order valence-electron chi connectivity index (χ1n) is 8.26. The van der Waals surface area contributed by atoms with E-state index in [2.05, 4.69) is 9.71 Å². The maximum atomic E-state index is 12.6. The number of carbonyl (C=O) groups is 1. The van der Waals surface area contributed by atoms with Gasteiger partial charge in [0.2, 0.25) is 5.91 Å². The Balaban J connectivity index is 1.67. The molecule has 0 spiro atoms. The van der Waals surface area contributed by atoms with Gasteiger partial charge < -0.3 is 9.71 Å². The first-order valence-corrected chi connectivity index (χ1v) is 11.0. The topological polar surface area (TPSA) is 82.6 Å². The van der Waals surface area contributed by atoms with E-state index in [-0.39, 0.29) is 22.4 Å². The molecule has 27 heavy (non-hydrogen) atoms. The Labute approximate surface area is 168 Å². The third kappa shape index (κ3) is 4.81. The Morgan fingerprint density at radius 2 is 2.04 bits per heavy atom. The van der Waals surface area contributed by atoms with E-state index in [9.17, 15) is 13.2 Å². The van der Waals surface area contributed by atoms with Gasteiger partial charge in [-0.2, -0.15) is 0 Å². The lowest BCUT2D eigenvalue weighted by molar-refractivity contribution is -0.131. The van der Waals surface area contributed by atoms with E-state index in [1.807, 2.05) is 0 Å². The summed E-state index contributed by atoms with van der Waals surface area (Å²) in [4.78, 5) is 20.1. The Morgan fingerprint density at radius 1 is 1.33 bits per heavy atom. The summed E-state index contributed by atoms with van der Waals surface area (Å²) in [5, 5.41) is 2.27. The molecule has 1 aromatic heterocycles. The normalized spacial score (nSPS) is 15.7. The molecule has 2 radical (unpaired) electrons. The summed E-state index contributed by atoms with van der Waals surface area (Å²) < 4.78 is 27.6. The molecule has 1 amide bonds. The predicted octanol–water partition coefficient (Wildman–Crippen LogP) is 1.68. The molecule has 1 N–H and O–H groups in total. The molecule has 11 heteroatoms. The van der Waals surface area contributed by atoms with Crippen LogP contribution >= 0.6 is 22.9 Å². The molecule has 2 heterocycles. The zero-order chi connectivity index (χ0) is 19.6. The molecule has 0 atom stereocenters. The van der Waals surface area contributed by atoms with Crippen LogP contribution in [0.15, 0.2) is 28.5 Å². The molecule has 1 fully saturated rings. The van der Waals surface area contributed by atoms with Gasteiger partial charge in [-0.1, -0.05) is 17.7 Å². The average molecular weight is 425 g/mol. The molecule has 1 aliphatic heterocycles. The standard InChI is InChI=1S/C16H18BClN4O3S2/c1-11-13(18)3-2-4-14(11)27(24,25)20-16-19-12(10-26-16)9-15(23)21-5-7-22(17)8-6-21/h2-4,10H,5-9H2,1H3,(H,19,20). The van der Waals surface area contributed by atoms with Gasteiger partial charge in [0, 0.05) is 36.6 Å². The molecule has 0 saturated carbocycles. The number of amides is 1. The molecule has 3 rings (SSSR count). The van der Waals surface area contributed by atoms with E-state index < -0.39 is 10.0 Å². The van der Waals surface area contributed by atoms with E-state index >= 15 is 0 Å². The minimum Gasteiger partial charge on any atom is -0.351 e. The number of carbonyl (C=O) groups excluding carboxylic acids is 1. The Kier molecular flexibility index (Phi) is 6.10. The van der Waals surface area contributed by atoms with Crippen LogP contribution in [-0.2, 0) is 21.2 Å². The fraction of sp³-hybridized carbons (Fsp3) is 0.375. The molecule has 0 bridgehead atoms. The monoisotopic (exact) mass is 424 g/mol. The van der Waals surface area contributed by atoms with Crippen molar-refractivity contribution in [2.75, 3.05) is 30.9 Å². The van der Waals surface area contributed by atoms with Crippen LogP contribution in [0.2, 0.25) is 5.02 Å². The van der Waals surface area contributed by atoms with Gasteiger partial charge in [0.15, 0.2) is 13.1 Å². The van der Waals surface area contributed by atoms with Crippen LogP contribution in [0.3, 0.4) is 0 Å². The van der Waals surface area contributed by atoms with Crippen molar-refractivity contribution in [2.45, 2.75) is 18.2 Å². The van der Waals surface area contributed by atoms with Crippen molar-refractivity contribution in [1.82, 2.24) is 14.7 Å². The van der Waals surface area contributed by atoms with Crippen LogP contribution in [0.1, 0.15) is 11.3 Å². The zero-order valence-electron chi connectivity index (χ0n) is 14.7. The van der Waals surface area contributed by atoms with Crippen LogP contribution in [0.25, 0.3) is 0 Å². The number of thiazole rings is 1. The van der Waals surface area contributed by atoms with Crippen LogP contribution in [0.5, 0.6) is 0 Å². The summed E-state index contributed by atoms with van der Waals surface area (Å²) in [6.07, 6.45) is 0.124. The highest BCUT2D eigenvalue weighted by atomic mass is 35.5. The van der Waals surface area contributed by atoms with E-state index in [1.165, 1.54) is 6.07 Å².